The average Bonchev–Trinajstić information content (AvgIpc) is 2.91. The minimum absolute atomic E-state index is 0.0334. The average molecular weight is 379 g/mol. The van der Waals surface area contributed by atoms with Gasteiger partial charge in [-0.3, -0.25) is 4.72 Å². The van der Waals surface area contributed by atoms with Gasteiger partial charge in [0.15, 0.2) is 0 Å². The van der Waals surface area contributed by atoms with E-state index >= 15 is 0 Å². The lowest BCUT2D eigenvalue weighted by atomic mass is 10.1. The molecule has 0 fully saturated rings. The number of carboxylic acid groups (broad SMARTS) is 1. The van der Waals surface area contributed by atoms with E-state index in [1.165, 1.54) is 43.5 Å². The molecule has 26 heavy (non-hydrogen) atoms. The molecular formula is C17H14FNO6S. The summed E-state index contributed by atoms with van der Waals surface area (Å²) in [6.07, 6.45) is 0.978. The Balaban J connectivity index is 2.29. The van der Waals surface area contributed by atoms with Gasteiger partial charge in [0.1, 0.15) is 28.5 Å². The van der Waals surface area contributed by atoms with E-state index in [2.05, 4.69) is 4.72 Å². The van der Waals surface area contributed by atoms with E-state index in [9.17, 15) is 22.7 Å². The molecule has 3 aromatic rings. The van der Waals surface area contributed by atoms with E-state index in [1.807, 2.05) is 0 Å². The van der Waals surface area contributed by atoms with Crippen molar-refractivity contribution < 1.29 is 31.9 Å². The van der Waals surface area contributed by atoms with Crippen molar-refractivity contribution in [3.05, 3.63) is 47.8 Å². The second-order valence-electron chi connectivity index (χ2n) is 5.54. The van der Waals surface area contributed by atoms with Crippen LogP contribution in [0.5, 0.6) is 5.75 Å². The van der Waals surface area contributed by atoms with Crippen molar-refractivity contribution >= 4 is 32.6 Å². The van der Waals surface area contributed by atoms with Gasteiger partial charge < -0.3 is 14.3 Å². The number of sulfonamides is 1. The molecule has 3 rings (SSSR count). The van der Waals surface area contributed by atoms with Crippen molar-refractivity contribution in [1.82, 2.24) is 0 Å². The minimum Gasteiger partial charge on any atom is -0.495 e. The van der Waals surface area contributed by atoms with Gasteiger partial charge in [-0.15, -0.1) is 0 Å². The lowest BCUT2D eigenvalue weighted by Gasteiger charge is -2.09. The maximum Gasteiger partial charge on any atom is 0.340 e. The Kier molecular flexibility index (Phi) is 4.33. The third-order valence-corrected chi connectivity index (χ3v) is 4.22. The van der Waals surface area contributed by atoms with Crippen LogP contribution in [0.1, 0.15) is 10.4 Å². The summed E-state index contributed by atoms with van der Waals surface area (Å²) in [5, 5.41) is 9.83. The number of methoxy groups -OCH3 is 1. The zero-order valence-corrected chi connectivity index (χ0v) is 14.6. The number of furan rings is 1. The fourth-order valence-corrected chi connectivity index (χ4v) is 3.15. The highest BCUT2D eigenvalue weighted by Crippen LogP contribution is 2.39. The van der Waals surface area contributed by atoms with Crippen LogP contribution in [0.2, 0.25) is 0 Å². The summed E-state index contributed by atoms with van der Waals surface area (Å²) in [6.45, 7) is 0. The van der Waals surface area contributed by atoms with Gasteiger partial charge in [-0.25, -0.2) is 17.6 Å². The lowest BCUT2D eigenvalue weighted by Crippen LogP contribution is -2.10. The molecule has 0 bridgehead atoms. The van der Waals surface area contributed by atoms with Gasteiger partial charge in [0, 0.05) is 17.0 Å². The van der Waals surface area contributed by atoms with Crippen LogP contribution in [0, 0.1) is 5.82 Å². The molecule has 9 heteroatoms. The summed E-state index contributed by atoms with van der Waals surface area (Å²) in [5.41, 5.74) is 0.500. The Morgan fingerprint density at radius 3 is 2.42 bits per heavy atom. The normalized spacial score (nSPS) is 11.5. The van der Waals surface area contributed by atoms with Crippen LogP contribution in [0.25, 0.3) is 22.3 Å². The first-order valence-corrected chi connectivity index (χ1v) is 9.20. The number of fused-ring (bicyclic) bond motifs is 1. The number of carboxylic acids is 1. The number of aromatic carboxylic acids is 1. The van der Waals surface area contributed by atoms with E-state index in [-0.39, 0.29) is 33.7 Å². The zero-order chi connectivity index (χ0) is 19.1. The summed E-state index contributed by atoms with van der Waals surface area (Å²) in [4.78, 5) is 11.8. The monoisotopic (exact) mass is 379 g/mol. The third-order valence-electron chi connectivity index (χ3n) is 3.63. The molecule has 0 unspecified atom stereocenters. The molecule has 2 N–H and O–H groups in total. The number of ether oxygens (including phenoxy) is 1. The second kappa shape index (κ2) is 6.34. The number of benzene rings is 2. The number of rotatable bonds is 5. The molecule has 7 nitrogen and oxygen atoms in total. The number of hydrogen-bond acceptors (Lipinski definition) is 5. The largest absolute Gasteiger partial charge is 0.495 e. The van der Waals surface area contributed by atoms with Crippen molar-refractivity contribution in [2.75, 3.05) is 18.1 Å². The summed E-state index contributed by atoms with van der Waals surface area (Å²) in [7, 11) is -2.26. The molecule has 1 aromatic heterocycles. The van der Waals surface area contributed by atoms with Crippen LogP contribution in [0.4, 0.5) is 10.1 Å². The molecule has 0 amide bonds. The van der Waals surface area contributed by atoms with Crippen LogP contribution < -0.4 is 9.46 Å². The molecule has 0 aliphatic rings. The van der Waals surface area contributed by atoms with Gasteiger partial charge in [-0.1, -0.05) is 0 Å². The Morgan fingerprint density at radius 1 is 1.23 bits per heavy atom. The first-order chi connectivity index (χ1) is 12.2. The Labute approximate surface area is 148 Å². The first kappa shape index (κ1) is 17.7. The van der Waals surface area contributed by atoms with Crippen molar-refractivity contribution in [2.45, 2.75) is 0 Å². The van der Waals surface area contributed by atoms with Crippen molar-refractivity contribution in [3.8, 4) is 17.1 Å². The maximum atomic E-state index is 13.1. The predicted octanol–water partition coefficient (Wildman–Crippen LogP) is 3.32. The standard InChI is InChI=1S/C17H14FNO6S/c1-24-14-7-11-13(8-12(14)19-26(2,22)23)25-16(15(11)17(20)21)9-3-5-10(18)6-4-9/h3-8,19H,1-2H3,(H,20,21). The van der Waals surface area contributed by atoms with Crippen molar-refractivity contribution in [1.29, 1.82) is 0 Å². The van der Waals surface area contributed by atoms with Crippen LogP contribution in [0.3, 0.4) is 0 Å². The van der Waals surface area contributed by atoms with Gasteiger partial charge >= 0.3 is 5.97 Å². The Bertz CT molecular complexity index is 1100. The Hall–Kier alpha value is -3.07. The van der Waals surface area contributed by atoms with E-state index in [0.717, 1.165) is 6.26 Å². The molecule has 1 heterocycles. The molecule has 0 radical (unpaired) electrons. The van der Waals surface area contributed by atoms with Gasteiger partial charge in [0.25, 0.3) is 0 Å². The number of carbonyl (C=O) groups is 1. The fraction of sp³-hybridized carbons (Fsp3) is 0.118. The smallest absolute Gasteiger partial charge is 0.340 e. The van der Waals surface area contributed by atoms with Crippen LogP contribution in [-0.4, -0.2) is 32.9 Å². The SMILES string of the molecule is COc1cc2c(C(=O)O)c(-c3ccc(F)cc3)oc2cc1NS(C)(=O)=O. The minimum atomic E-state index is -3.58. The van der Waals surface area contributed by atoms with Gasteiger partial charge in [-0.05, 0) is 30.3 Å². The van der Waals surface area contributed by atoms with Crippen LogP contribution in [-0.2, 0) is 10.0 Å². The Morgan fingerprint density at radius 2 is 1.88 bits per heavy atom. The molecule has 0 aliphatic carbocycles. The quantitative estimate of drug-likeness (QED) is 0.704. The summed E-state index contributed by atoms with van der Waals surface area (Å²) >= 11 is 0. The summed E-state index contributed by atoms with van der Waals surface area (Å²) in [5.74, 6) is -1.54. The van der Waals surface area contributed by atoms with Gasteiger partial charge in [0.2, 0.25) is 10.0 Å². The number of nitrogens with one attached hydrogen (secondary N) is 1. The molecule has 0 aliphatic heterocycles. The number of hydrogen-bond donors (Lipinski definition) is 2. The highest BCUT2D eigenvalue weighted by Gasteiger charge is 2.24. The highest BCUT2D eigenvalue weighted by atomic mass is 32.2. The van der Waals surface area contributed by atoms with Crippen molar-refractivity contribution in [2.24, 2.45) is 0 Å². The number of anilines is 1. The van der Waals surface area contributed by atoms with Crippen LogP contribution in [0.15, 0.2) is 40.8 Å². The summed E-state index contributed by atoms with van der Waals surface area (Å²) < 4.78 is 49.3. The van der Waals surface area contributed by atoms with E-state index < -0.39 is 21.8 Å². The topological polar surface area (TPSA) is 106 Å². The molecule has 0 spiro atoms. The van der Waals surface area contributed by atoms with E-state index in [1.54, 1.807) is 0 Å². The molecule has 0 saturated heterocycles. The second-order valence-corrected chi connectivity index (χ2v) is 7.29. The number of halogens is 1. The van der Waals surface area contributed by atoms with Crippen LogP contribution >= 0.6 is 0 Å². The molecule has 136 valence electrons. The van der Waals surface area contributed by atoms with E-state index in [0.29, 0.717) is 5.56 Å². The zero-order valence-electron chi connectivity index (χ0n) is 13.7. The van der Waals surface area contributed by atoms with Crippen molar-refractivity contribution in [3.63, 3.8) is 0 Å². The maximum absolute atomic E-state index is 13.1. The third kappa shape index (κ3) is 3.33. The van der Waals surface area contributed by atoms with E-state index in [4.69, 9.17) is 9.15 Å². The van der Waals surface area contributed by atoms with Gasteiger partial charge in [-0.2, -0.15) is 0 Å². The molecule has 0 atom stereocenters. The molecule has 0 saturated carbocycles. The summed E-state index contributed by atoms with van der Waals surface area (Å²) in [6, 6.07) is 7.88. The lowest BCUT2D eigenvalue weighted by molar-refractivity contribution is 0.0699. The van der Waals surface area contributed by atoms with Gasteiger partial charge in [0.05, 0.1) is 19.1 Å². The molecule has 2 aromatic carbocycles. The molecular weight excluding hydrogens is 365 g/mol. The predicted molar refractivity (Wildman–Crippen MR) is 93.6 cm³/mol. The fourth-order valence-electron chi connectivity index (χ4n) is 2.59. The first-order valence-electron chi connectivity index (χ1n) is 7.31. The highest BCUT2D eigenvalue weighted by molar-refractivity contribution is 7.92.